The Bertz CT molecular complexity index is 485. The number of ether oxygens (including phenoxy) is 1. The van der Waals surface area contributed by atoms with Gasteiger partial charge in [-0.15, -0.1) is 11.8 Å². The first-order chi connectivity index (χ1) is 9.60. The molecule has 0 aromatic heterocycles. The monoisotopic (exact) mass is 292 g/mol. The molecule has 0 bridgehead atoms. The van der Waals surface area contributed by atoms with Gasteiger partial charge in [0.05, 0.1) is 24.8 Å². The molecule has 1 aromatic rings. The maximum absolute atomic E-state index is 12.1. The highest BCUT2D eigenvalue weighted by Crippen LogP contribution is 2.23. The third kappa shape index (κ3) is 5.14. The highest BCUT2D eigenvalue weighted by molar-refractivity contribution is 8.00. The largest absolute Gasteiger partial charge is 0.497 e. The van der Waals surface area contributed by atoms with Crippen LogP contribution in [0.15, 0.2) is 29.2 Å². The summed E-state index contributed by atoms with van der Waals surface area (Å²) in [6.07, 6.45) is 0. The van der Waals surface area contributed by atoms with E-state index in [1.54, 1.807) is 12.0 Å². The van der Waals surface area contributed by atoms with Crippen molar-refractivity contribution in [2.45, 2.75) is 18.7 Å². The fraction of sp³-hybridized carbons (Fsp3) is 0.467. The lowest BCUT2D eigenvalue weighted by Gasteiger charge is -2.21. The second-order valence-electron chi connectivity index (χ2n) is 4.43. The number of methoxy groups -OCH3 is 1. The van der Waals surface area contributed by atoms with Crippen molar-refractivity contribution in [1.29, 1.82) is 5.26 Å². The zero-order chi connectivity index (χ0) is 15.0. The summed E-state index contributed by atoms with van der Waals surface area (Å²) >= 11 is 1.48. The fourth-order valence-electron chi connectivity index (χ4n) is 1.71. The molecule has 0 saturated heterocycles. The molecule has 1 amide bonds. The molecule has 108 valence electrons. The summed E-state index contributed by atoms with van der Waals surface area (Å²) in [4.78, 5) is 14.8. The average molecular weight is 292 g/mol. The molecule has 5 heteroatoms. The molecule has 1 rings (SSSR count). The Labute approximate surface area is 124 Å². The first-order valence-corrected chi connectivity index (χ1v) is 7.53. The van der Waals surface area contributed by atoms with E-state index < -0.39 is 0 Å². The van der Waals surface area contributed by atoms with Crippen LogP contribution >= 0.6 is 11.8 Å². The number of rotatable bonds is 7. The van der Waals surface area contributed by atoms with Crippen LogP contribution in [0.5, 0.6) is 5.75 Å². The van der Waals surface area contributed by atoms with Gasteiger partial charge in [0, 0.05) is 18.0 Å². The molecule has 1 aromatic carbocycles. The number of nitrogens with zero attached hydrogens (tertiary/aromatic N) is 2. The normalized spacial score (nSPS) is 11.5. The second kappa shape index (κ2) is 8.49. The lowest BCUT2D eigenvalue weighted by Crippen LogP contribution is -2.35. The van der Waals surface area contributed by atoms with E-state index in [2.05, 4.69) is 6.07 Å². The van der Waals surface area contributed by atoms with E-state index in [4.69, 9.17) is 10.00 Å². The standard InChI is InChI=1S/C15H20N2O2S/c1-4-17(10-12(2)9-16)15(18)11-20-14-7-5-6-13(8-14)19-3/h5-8,12H,4,10-11H2,1-3H3/t12-/m0/s1. The Morgan fingerprint density at radius 3 is 2.90 bits per heavy atom. The van der Waals surface area contributed by atoms with E-state index in [0.29, 0.717) is 18.8 Å². The number of amides is 1. The number of hydrogen-bond donors (Lipinski definition) is 0. The molecule has 0 N–H and O–H groups in total. The van der Waals surface area contributed by atoms with Gasteiger partial charge in [0.25, 0.3) is 0 Å². The lowest BCUT2D eigenvalue weighted by molar-refractivity contribution is -0.128. The van der Waals surface area contributed by atoms with Gasteiger partial charge in [0.15, 0.2) is 0 Å². The second-order valence-corrected chi connectivity index (χ2v) is 5.48. The molecule has 0 unspecified atom stereocenters. The Morgan fingerprint density at radius 2 is 2.30 bits per heavy atom. The smallest absolute Gasteiger partial charge is 0.232 e. The predicted molar refractivity (Wildman–Crippen MR) is 80.7 cm³/mol. The molecular weight excluding hydrogens is 272 g/mol. The summed E-state index contributed by atoms with van der Waals surface area (Å²) in [5.74, 6) is 1.08. The summed E-state index contributed by atoms with van der Waals surface area (Å²) in [5, 5.41) is 8.82. The van der Waals surface area contributed by atoms with Gasteiger partial charge in [0.1, 0.15) is 5.75 Å². The van der Waals surface area contributed by atoms with Crippen molar-refractivity contribution >= 4 is 17.7 Å². The van der Waals surface area contributed by atoms with Crippen LogP contribution in [0.25, 0.3) is 0 Å². The zero-order valence-electron chi connectivity index (χ0n) is 12.1. The van der Waals surface area contributed by atoms with E-state index in [1.807, 2.05) is 38.1 Å². The Morgan fingerprint density at radius 1 is 1.55 bits per heavy atom. The van der Waals surface area contributed by atoms with E-state index in [9.17, 15) is 4.79 Å². The van der Waals surface area contributed by atoms with Gasteiger partial charge in [-0.05, 0) is 32.0 Å². The van der Waals surface area contributed by atoms with E-state index in [-0.39, 0.29) is 11.8 Å². The first kappa shape index (κ1) is 16.4. The lowest BCUT2D eigenvalue weighted by atomic mass is 10.2. The molecule has 20 heavy (non-hydrogen) atoms. The van der Waals surface area contributed by atoms with Crippen molar-refractivity contribution in [3.05, 3.63) is 24.3 Å². The van der Waals surface area contributed by atoms with Crippen LogP contribution in [0.3, 0.4) is 0 Å². The minimum Gasteiger partial charge on any atom is -0.497 e. The molecule has 0 spiro atoms. The molecule has 0 heterocycles. The Kier molecular flexibility index (Phi) is 6.96. The van der Waals surface area contributed by atoms with Crippen LogP contribution in [0.2, 0.25) is 0 Å². The Hall–Kier alpha value is -1.67. The van der Waals surface area contributed by atoms with E-state index >= 15 is 0 Å². The number of hydrogen-bond acceptors (Lipinski definition) is 4. The molecule has 4 nitrogen and oxygen atoms in total. The summed E-state index contributed by atoms with van der Waals surface area (Å²) in [7, 11) is 1.62. The molecule has 0 aliphatic carbocycles. The third-order valence-electron chi connectivity index (χ3n) is 2.85. The maximum atomic E-state index is 12.1. The van der Waals surface area contributed by atoms with Gasteiger partial charge >= 0.3 is 0 Å². The van der Waals surface area contributed by atoms with Crippen LogP contribution in [0.4, 0.5) is 0 Å². The summed E-state index contributed by atoms with van der Waals surface area (Å²) < 4.78 is 5.15. The van der Waals surface area contributed by atoms with Gasteiger partial charge in [-0.1, -0.05) is 6.07 Å². The van der Waals surface area contributed by atoms with Gasteiger partial charge in [-0.2, -0.15) is 5.26 Å². The van der Waals surface area contributed by atoms with Crippen LogP contribution in [0, 0.1) is 17.2 Å². The van der Waals surface area contributed by atoms with Gasteiger partial charge in [0.2, 0.25) is 5.91 Å². The van der Waals surface area contributed by atoms with Crippen LogP contribution in [0.1, 0.15) is 13.8 Å². The van der Waals surface area contributed by atoms with Crippen molar-refractivity contribution in [3.8, 4) is 11.8 Å². The van der Waals surface area contributed by atoms with Gasteiger partial charge in [-0.3, -0.25) is 4.79 Å². The van der Waals surface area contributed by atoms with Crippen molar-refractivity contribution in [2.75, 3.05) is 26.0 Å². The third-order valence-corrected chi connectivity index (χ3v) is 3.83. The van der Waals surface area contributed by atoms with Crippen LogP contribution < -0.4 is 4.74 Å². The predicted octanol–water partition coefficient (Wildman–Crippen LogP) is 2.80. The number of benzene rings is 1. The van der Waals surface area contributed by atoms with E-state index in [1.165, 1.54) is 11.8 Å². The van der Waals surface area contributed by atoms with Crippen LogP contribution in [-0.2, 0) is 4.79 Å². The number of carbonyl (C=O) groups is 1. The molecular formula is C15H20N2O2S. The van der Waals surface area contributed by atoms with Crippen molar-refractivity contribution < 1.29 is 9.53 Å². The number of nitriles is 1. The highest BCUT2D eigenvalue weighted by atomic mass is 32.2. The summed E-state index contributed by atoms with van der Waals surface area (Å²) in [6, 6.07) is 9.80. The minimum absolute atomic E-state index is 0.0578. The topological polar surface area (TPSA) is 53.3 Å². The number of thioether (sulfide) groups is 1. The molecule has 0 fully saturated rings. The van der Waals surface area contributed by atoms with Crippen molar-refractivity contribution in [1.82, 2.24) is 4.90 Å². The van der Waals surface area contributed by atoms with E-state index in [0.717, 1.165) is 10.6 Å². The van der Waals surface area contributed by atoms with Crippen molar-refractivity contribution in [3.63, 3.8) is 0 Å². The minimum atomic E-state index is -0.138. The highest BCUT2D eigenvalue weighted by Gasteiger charge is 2.14. The van der Waals surface area contributed by atoms with Gasteiger partial charge in [-0.25, -0.2) is 0 Å². The molecule has 0 aliphatic rings. The van der Waals surface area contributed by atoms with Crippen LogP contribution in [-0.4, -0.2) is 36.8 Å². The summed E-state index contributed by atoms with van der Waals surface area (Å²) in [5.41, 5.74) is 0. The molecule has 0 aliphatic heterocycles. The first-order valence-electron chi connectivity index (χ1n) is 6.55. The SMILES string of the molecule is CCN(C[C@@H](C)C#N)C(=O)CSc1cccc(OC)c1. The maximum Gasteiger partial charge on any atom is 0.232 e. The van der Waals surface area contributed by atoms with Crippen molar-refractivity contribution in [2.24, 2.45) is 5.92 Å². The average Bonchev–Trinajstić information content (AvgIpc) is 2.50. The molecule has 0 saturated carbocycles. The quantitative estimate of drug-likeness (QED) is 0.725. The fourth-order valence-corrected chi connectivity index (χ4v) is 2.55. The Balaban J connectivity index is 2.54. The summed E-state index contributed by atoms with van der Waals surface area (Å²) in [6.45, 7) is 4.87. The van der Waals surface area contributed by atoms with Gasteiger partial charge < -0.3 is 9.64 Å². The molecule has 0 radical (unpaired) electrons. The molecule has 1 atom stereocenters. The number of carbonyl (C=O) groups excluding carboxylic acids is 1. The zero-order valence-corrected chi connectivity index (χ0v) is 12.9.